The van der Waals surface area contributed by atoms with Crippen molar-refractivity contribution in [2.24, 2.45) is 0 Å². The Hall–Kier alpha value is -1.62. The van der Waals surface area contributed by atoms with Gasteiger partial charge in [-0.3, -0.25) is 4.79 Å². The summed E-state index contributed by atoms with van der Waals surface area (Å²) >= 11 is 0. The minimum absolute atomic E-state index is 0.0306. The van der Waals surface area contributed by atoms with Crippen LogP contribution in [0.2, 0.25) is 0 Å². The summed E-state index contributed by atoms with van der Waals surface area (Å²) < 4.78 is 5.97. The molecule has 0 aliphatic carbocycles. The summed E-state index contributed by atoms with van der Waals surface area (Å²) in [5, 5.41) is 0. The molecule has 0 aromatic carbocycles. The molecular weight excluding hydrogens is 242 g/mol. The van der Waals surface area contributed by atoms with Crippen LogP contribution in [-0.2, 0) is 4.74 Å². The van der Waals surface area contributed by atoms with Crippen molar-refractivity contribution in [3.05, 3.63) is 23.9 Å². The molecule has 1 aromatic heterocycles. The third kappa shape index (κ3) is 3.23. The van der Waals surface area contributed by atoms with Crippen LogP contribution in [0, 0.1) is 0 Å². The van der Waals surface area contributed by atoms with E-state index in [4.69, 9.17) is 10.5 Å². The first-order chi connectivity index (χ1) is 8.69. The number of aromatic nitrogens is 1. The minimum Gasteiger partial charge on any atom is -0.384 e. The van der Waals surface area contributed by atoms with E-state index >= 15 is 0 Å². The van der Waals surface area contributed by atoms with E-state index in [-0.39, 0.29) is 17.1 Å². The monoisotopic (exact) mass is 263 g/mol. The van der Waals surface area contributed by atoms with Crippen LogP contribution in [0.4, 0.5) is 5.82 Å². The molecule has 0 radical (unpaired) electrons. The molecule has 1 aliphatic heterocycles. The summed E-state index contributed by atoms with van der Waals surface area (Å²) in [5.74, 6) is 0.385. The number of morpholine rings is 1. The van der Waals surface area contributed by atoms with Crippen LogP contribution < -0.4 is 5.73 Å². The van der Waals surface area contributed by atoms with Gasteiger partial charge in [-0.05, 0) is 39.8 Å². The highest BCUT2D eigenvalue weighted by molar-refractivity contribution is 5.94. The standard InChI is InChI=1S/C14H21N3O2/c1-13(2)8-17(9-14(3,4)19-13)12(18)10-5-6-11(15)16-7-10/h5-7H,8-9H2,1-4H3,(H2,15,16). The molecule has 2 heterocycles. The fourth-order valence-electron chi connectivity index (χ4n) is 2.65. The molecule has 1 aliphatic rings. The Kier molecular flexibility index (Phi) is 3.26. The van der Waals surface area contributed by atoms with Crippen LogP contribution >= 0.6 is 0 Å². The molecule has 0 saturated carbocycles. The van der Waals surface area contributed by atoms with Crippen LogP contribution in [-0.4, -0.2) is 40.1 Å². The van der Waals surface area contributed by atoms with E-state index in [0.29, 0.717) is 24.5 Å². The lowest BCUT2D eigenvalue weighted by atomic mass is 9.98. The van der Waals surface area contributed by atoms with E-state index < -0.39 is 0 Å². The summed E-state index contributed by atoms with van der Waals surface area (Å²) in [6.45, 7) is 9.12. The Labute approximate surface area is 113 Å². The second kappa shape index (κ2) is 4.49. The molecule has 2 N–H and O–H groups in total. The van der Waals surface area contributed by atoms with Gasteiger partial charge in [0.05, 0.1) is 16.8 Å². The molecule has 0 atom stereocenters. The second-order valence-electron chi connectivity index (χ2n) is 6.25. The number of anilines is 1. The Balaban J connectivity index is 2.21. The van der Waals surface area contributed by atoms with Crippen molar-refractivity contribution in [1.29, 1.82) is 0 Å². The summed E-state index contributed by atoms with van der Waals surface area (Å²) in [7, 11) is 0. The number of nitrogen functional groups attached to an aromatic ring is 1. The van der Waals surface area contributed by atoms with Crippen molar-refractivity contribution >= 4 is 11.7 Å². The molecular formula is C14H21N3O2. The number of amides is 1. The number of nitrogens with zero attached hydrogens (tertiary/aromatic N) is 2. The highest BCUT2D eigenvalue weighted by Gasteiger charge is 2.40. The average molecular weight is 263 g/mol. The maximum Gasteiger partial charge on any atom is 0.255 e. The Bertz CT molecular complexity index is 464. The minimum atomic E-state index is -0.349. The number of hydrogen-bond acceptors (Lipinski definition) is 4. The van der Waals surface area contributed by atoms with Gasteiger partial charge < -0.3 is 15.4 Å². The molecule has 1 fully saturated rings. The number of carbonyl (C=O) groups is 1. The zero-order chi connectivity index (χ0) is 14.3. The SMILES string of the molecule is CC1(C)CN(C(=O)c2ccc(N)nc2)CC(C)(C)O1. The van der Waals surface area contributed by atoms with Crippen LogP contribution in [0.3, 0.4) is 0 Å². The topological polar surface area (TPSA) is 68.5 Å². The van der Waals surface area contributed by atoms with Gasteiger partial charge in [-0.25, -0.2) is 4.98 Å². The van der Waals surface area contributed by atoms with E-state index in [1.54, 1.807) is 12.1 Å². The van der Waals surface area contributed by atoms with Gasteiger partial charge in [-0.2, -0.15) is 0 Å². The van der Waals surface area contributed by atoms with Crippen molar-refractivity contribution in [2.75, 3.05) is 18.8 Å². The predicted molar refractivity (Wildman–Crippen MR) is 73.8 cm³/mol. The van der Waals surface area contributed by atoms with Gasteiger partial charge in [0.15, 0.2) is 0 Å². The maximum absolute atomic E-state index is 12.5. The van der Waals surface area contributed by atoms with Crippen LogP contribution in [0.5, 0.6) is 0 Å². The van der Waals surface area contributed by atoms with E-state index in [9.17, 15) is 4.79 Å². The number of rotatable bonds is 1. The quantitative estimate of drug-likeness (QED) is 0.837. The summed E-state index contributed by atoms with van der Waals surface area (Å²) in [6, 6.07) is 3.35. The van der Waals surface area contributed by atoms with Crippen molar-refractivity contribution in [3.8, 4) is 0 Å². The lowest BCUT2D eigenvalue weighted by Crippen LogP contribution is -2.58. The highest BCUT2D eigenvalue weighted by atomic mass is 16.5. The normalized spacial score (nSPS) is 21.2. The summed E-state index contributed by atoms with van der Waals surface area (Å²) in [5.41, 5.74) is 5.40. The van der Waals surface area contributed by atoms with Crippen LogP contribution in [0.25, 0.3) is 0 Å². The third-order valence-corrected chi connectivity index (χ3v) is 3.02. The third-order valence-electron chi connectivity index (χ3n) is 3.02. The molecule has 1 amide bonds. The van der Waals surface area contributed by atoms with Gasteiger partial charge in [0.2, 0.25) is 0 Å². The number of hydrogen-bond donors (Lipinski definition) is 1. The molecule has 0 spiro atoms. The number of nitrogens with two attached hydrogens (primary N) is 1. The number of ether oxygens (including phenoxy) is 1. The molecule has 19 heavy (non-hydrogen) atoms. The molecule has 1 saturated heterocycles. The first kappa shape index (κ1) is 13.8. The first-order valence-corrected chi connectivity index (χ1v) is 6.40. The average Bonchev–Trinajstić information content (AvgIpc) is 2.25. The predicted octanol–water partition coefficient (Wildman–Crippen LogP) is 1.69. The van der Waals surface area contributed by atoms with E-state index in [0.717, 1.165) is 0 Å². The van der Waals surface area contributed by atoms with Gasteiger partial charge in [0.25, 0.3) is 5.91 Å². The smallest absolute Gasteiger partial charge is 0.255 e. The highest BCUT2D eigenvalue weighted by Crippen LogP contribution is 2.28. The van der Waals surface area contributed by atoms with Crippen molar-refractivity contribution < 1.29 is 9.53 Å². The molecule has 0 bridgehead atoms. The van der Waals surface area contributed by atoms with Crippen LogP contribution in [0.15, 0.2) is 18.3 Å². The Morgan fingerprint density at radius 1 is 1.26 bits per heavy atom. The van der Waals surface area contributed by atoms with Crippen molar-refractivity contribution in [1.82, 2.24) is 9.88 Å². The maximum atomic E-state index is 12.5. The molecule has 1 aromatic rings. The van der Waals surface area contributed by atoms with Crippen molar-refractivity contribution in [3.63, 3.8) is 0 Å². The number of pyridine rings is 1. The van der Waals surface area contributed by atoms with Gasteiger partial charge >= 0.3 is 0 Å². The van der Waals surface area contributed by atoms with Crippen LogP contribution in [0.1, 0.15) is 38.1 Å². The van der Waals surface area contributed by atoms with E-state index in [1.165, 1.54) is 6.20 Å². The summed E-state index contributed by atoms with van der Waals surface area (Å²) in [4.78, 5) is 18.3. The fourth-order valence-corrected chi connectivity index (χ4v) is 2.65. The molecule has 5 heteroatoms. The van der Waals surface area contributed by atoms with E-state index in [2.05, 4.69) is 4.98 Å². The van der Waals surface area contributed by atoms with Crippen molar-refractivity contribution in [2.45, 2.75) is 38.9 Å². The summed E-state index contributed by atoms with van der Waals surface area (Å²) in [6.07, 6.45) is 1.52. The first-order valence-electron chi connectivity index (χ1n) is 6.40. The lowest BCUT2D eigenvalue weighted by molar-refractivity contribution is -0.171. The van der Waals surface area contributed by atoms with E-state index in [1.807, 2.05) is 32.6 Å². The molecule has 5 nitrogen and oxygen atoms in total. The zero-order valence-electron chi connectivity index (χ0n) is 11.9. The van der Waals surface area contributed by atoms with Gasteiger partial charge in [0.1, 0.15) is 5.82 Å². The number of carbonyl (C=O) groups excluding carboxylic acids is 1. The largest absolute Gasteiger partial charge is 0.384 e. The molecule has 2 rings (SSSR count). The Morgan fingerprint density at radius 2 is 1.84 bits per heavy atom. The molecule has 104 valence electrons. The van der Waals surface area contributed by atoms with Gasteiger partial charge in [-0.1, -0.05) is 0 Å². The second-order valence-corrected chi connectivity index (χ2v) is 6.25. The van der Waals surface area contributed by atoms with Gasteiger partial charge in [-0.15, -0.1) is 0 Å². The molecule has 0 unspecified atom stereocenters. The van der Waals surface area contributed by atoms with Gasteiger partial charge in [0, 0.05) is 19.3 Å². The Morgan fingerprint density at radius 3 is 2.32 bits per heavy atom. The fraction of sp³-hybridized carbons (Fsp3) is 0.571. The lowest BCUT2D eigenvalue weighted by Gasteiger charge is -2.47. The zero-order valence-corrected chi connectivity index (χ0v) is 11.9.